The summed E-state index contributed by atoms with van der Waals surface area (Å²) in [5.41, 5.74) is 6.19. The summed E-state index contributed by atoms with van der Waals surface area (Å²) in [5, 5.41) is 4.40. The lowest BCUT2D eigenvalue weighted by Crippen LogP contribution is -2.42. The second-order valence-corrected chi connectivity index (χ2v) is 8.79. The summed E-state index contributed by atoms with van der Waals surface area (Å²) in [5.74, 6) is -0.0192. The maximum Gasteiger partial charge on any atom is 0.330 e. The van der Waals surface area contributed by atoms with Crippen LogP contribution < -0.4 is 21.9 Å². The third kappa shape index (κ3) is 4.48. The maximum absolute atomic E-state index is 14.1. The Bertz CT molecular complexity index is 1480. The Hall–Kier alpha value is -4.15. The lowest BCUT2D eigenvalue weighted by molar-refractivity contribution is 0.0987. The summed E-state index contributed by atoms with van der Waals surface area (Å²) in [4.78, 5) is 47.6. The normalized spacial score (nSPS) is 11.5. The molecule has 0 atom stereocenters. The third-order valence-corrected chi connectivity index (χ3v) is 5.63. The largest absolute Gasteiger partial charge is 0.463 e. The molecule has 4 aromatic heterocycles. The van der Waals surface area contributed by atoms with Crippen LogP contribution in [0.2, 0.25) is 0 Å². The zero-order chi connectivity index (χ0) is 25.3. The van der Waals surface area contributed by atoms with Crippen LogP contribution in [0.3, 0.4) is 0 Å². The Morgan fingerprint density at radius 2 is 2.09 bits per heavy atom. The molecule has 4 rings (SSSR count). The number of carbonyl (C=O) groups excluding carboxylic acids is 1. The van der Waals surface area contributed by atoms with Crippen molar-refractivity contribution in [2.45, 2.75) is 47.1 Å². The summed E-state index contributed by atoms with van der Waals surface area (Å²) in [7, 11) is 0. The number of unbranched alkanes of at least 4 members (excludes halogenated alkanes) is 1. The Labute approximate surface area is 200 Å². The lowest BCUT2D eigenvalue weighted by Gasteiger charge is -2.25. The smallest absolute Gasteiger partial charge is 0.330 e. The van der Waals surface area contributed by atoms with E-state index < -0.39 is 17.2 Å². The van der Waals surface area contributed by atoms with E-state index >= 15 is 0 Å². The summed E-state index contributed by atoms with van der Waals surface area (Å²) in [6, 6.07) is 5.01. The molecular formula is C24H28N6O5. The van der Waals surface area contributed by atoms with Crippen LogP contribution in [0.1, 0.15) is 49.7 Å². The number of nitrogen functional groups attached to an aromatic ring is 1. The fraction of sp³-hybridized carbons (Fsp3) is 0.375. The van der Waals surface area contributed by atoms with Crippen LogP contribution in [0.15, 0.2) is 43.0 Å². The van der Waals surface area contributed by atoms with Crippen LogP contribution in [0.25, 0.3) is 22.6 Å². The molecule has 1 amide bonds. The standard InChI is InChI=1S/C24H28N6O5/c1-5-6-9-29(19-20(25)30(12-13(2)3)24(33)27-21(19)31)23(32)15-11-16(17-8-7-10-34-17)26-22-18(15)14(4)28-35-22/h7-8,10-11,13H,5-6,9,12,25H2,1-4H3,(H,27,31,33). The number of furan rings is 1. The summed E-state index contributed by atoms with van der Waals surface area (Å²) in [6.07, 6.45) is 2.87. The molecule has 4 heterocycles. The number of amides is 1. The van der Waals surface area contributed by atoms with E-state index in [2.05, 4.69) is 15.1 Å². The average Bonchev–Trinajstić information content (AvgIpc) is 3.48. The number of nitrogens with zero attached hydrogens (tertiary/aromatic N) is 4. The number of H-pyrrole nitrogens is 1. The number of carbonyl (C=O) groups is 1. The van der Waals surface area contributed by atoms with Crippen LogP contribution in [0.4, 0.5) is 11.5 Å². The van der Waals surface area contributed by atoms with E-state index in [0.717, 1.165) is 6.42 Å². The average molecular weight is 481 g/mol. The van der Waals surface area contributed by atoms with E-state index in [0.29, 0.717) is 29.0 Å². The van der Waals surface area contributed by atoms with Crippen molar-refractivity contribution < 1.29 is 13.7 Å². The van der Waals surface area contributed by atoms with E-state index in [1.165, 1.54) is 15.7 Å². The third-order valence-electron chi connectivity index (χ3n) is 5.63. The number of rotatable bonds is 8. The minimum absolute atomic E-state index is 0.0597. The van der Waals surface area contributed by atoms with Gasteiger partial charge in [0.25, 0.3) is 17.2 Å². The summed E-state index contributed by atoms with van der Waals surface area (Å²) in [6.45, 7) is 8.03. The van der Waals surface area contributed by atoms with Gasteiger partial charge in [0.2, 0.25) is 0 Å². The van der Waals surface area contributed by atoms with Crippen LogP contribution >= 0.6 is 0 Å². The predicted octanol–water partition coefficient (Wildman–Crippen LogP) is 3.33. The van der Waals surface area contributed by atoms with Gasteiger partial charge >= 0.3 is 5.69 Å². The Morgan fingerprint density at radius 1 is 1.31 bits per heavy atom. The number of aromatic nitrogens is 4. The number of hydrogen-bond donors (Lipinski definition) is 2. The molecule has 0 spiro atoms. The van der Waals surface area contributed by atoms with Gasteiger partial charge in [-0.25, -0.2) is 9.78 Å². The van der Waals surface area contributed by atoms with Gasteiger partial charge in [0.15, 0.2) is 11.4 Å². The van der Waals surface area contributed by atoms with E-state index in [4.69, 9.17) is 14.7 Å². The molecule has 0 radical (unpaired) electrons. The highest BCUT2D eigenvalue weighted by Gasteiger charge is 2.29. The summed E-state index contributed by atoms with van der Waals surface area (Å²) < 4.78 is 12.1. The highest BCUT2D eigenvalue weighted by atomic mass is 16.5. The predicted molar refractivity (Wildman–Crippen MR) is 131 cm³/mol. The van der Waals surface area contributed by atoms with E-state index in [1.807, 2.05) is 20.8 Å². The molecular weight excluding hydrogens is 452 g/mol. The molecule has 0 aromatic carbocycles. The van der Waals surface area contributed by atoms with Crippen LogP contribution in [0, 0.1) is 12.8 Å². The number of anilines is 2. The first-order chi connectivity index (χ1) is 16.7. The fourth-order valence-corrected chi connectivity index (χ4v) is 3.98. The van der Waals surface area contributed by atoms with Crippen molar-refractivity contribution in [3.05, 3.63) is 56.6 Å². The molecule has 0 saturated carbocycles. The zero-order valence-electron chi connectivity index (χ0n) is 20.1. The molecule has 0 saturated heterocycles. The number of pyridine rings is 1. The first-order valence-electron chi connectivity index (χ1n) is 11.5. The van der Waals surface area contributed by atoms with Gasteiger partial charge < -0.3 is 19.6 Å². The maximum atomic E-state index is 14.1. The highest BCUT2D eigenvalue weighted by molar-refractivity contribution is 6.14. The monoisotopic (exact) mass is 480 g/mol. The molecule has 0 unspecified atom stereocenters. The SMILES string of the molecule is CCCCN(C(=O)c1cc(-c2ccco2)nc2onc(C)c12)c1c(N)n(CC(C)C)c(=O)[nH]c1=O. The van der Waals surface area contributed by atoms with Crippen molar-refractivity contribution in [3.63, 3.8) is 0 Å². The van der Waals surface area contributed by atoms with Crippen LogP contribution in [-0.4, -0.2) is 32.1 Å². The van der Waals surface area contributed by atoms with Crippen molar-refractivity contribution >= 4 is 28.5 Å². The number of nitrogens with one attached hydrogen (secondary N) is 1. The molecule has 11 nitrogen and oxygen atoms in total. The molecule has 3 N–H and O–H groups in total. The first kappa shape index (κ1) is 24.0. The van der Waals surface area contributed by atoms with Crippen molar-refractivity contribution in [1.29, 1.82) is 0 Å². The number of aromatic amines is 1. The van der Waals surface area contributed by atoms with Gasteiger partial charge in [0, 0.05) is 13.1 Å². The van der Waals surface area contributed by atoms with Gasteiger partial charge in [0.1, 0.15) is 11.5 Å². The topological polar surface area (TPSA) is 153 Å². The quantitative estimate of drug-likeness (QED) is 0.389. The highest BCUT2D eigenvalue weighted by Crippen LogP contribution is 2.30. The Balaban J connectivity index is 1.93. The van der Waals surface area contributed by atoms with Crippen molar-refractivity contribution in [1.82, 2.24) is 19.7 Å². The number of nitrogens with two attached hydrogens (primary N) is 1. The lowest BCUT2D eigenvalue weighted by atomic mass is 10.1. The number of aryl methyl sites for hydroxylation is 1. The molecule has 35 heavy (non-hydrogen) atoms. The second-order valence-electron chi connectivity index (χ2n) is 8.79. The van der Waals surface area contributed by atoms with Crippen molar-refractivity contribution in [3.8, 4) is 11.5 Å². The van der Waals surface area contributed by atoms with E-state index in [9.17, 15) is 14.4 Å². The van der Waals surface area contributed by atoms with Crippen LogP contribution in [-0.2, 0) is 6.54 Å². The second kappa shape index (κ2) is 9.61. The van der Waals surface area contributed by atoms with Gasteiger partial charge in [-0.3, -0.25) is 19.1 Å². The molecule has 0 aliphatic heterocycles. The van der Waals surface area contributed by atoms with Gasteiger partial charge in [-0.1, -0.05) is 32.3 Å². The zero-order valence-corrected chi connectivity index (χ0v) is 20.1. The number of hydrogen-bond acceptors (Lipinski definition) is 8. The van der Waals surface area contributed by atoms with Gasteiger partial charge in [-0.2, -0.15) is 0 Å². The molecule has 11 heteroatoms. The Kier molecular flexibility index (Phi) is 6.59. The minimum Gasteiger partial charge on any atom is -0.463 e. The molecule has 0 bridgehead atoms. The molecule has 0 aliphatic rings. The minimum atomic E-state index is -0.726. The fourth-order valence-electron chi connectivity index (χ4n) is 3.98. The first-order valence-corrected chi connectivity index (χ1v) is 11.5. The number of fused-ring (bicyclic) bond motifs is 1. The van der Waals surface area contributed by atoms with Crippen molar-refractivity contribution in [2.75, 3.05) is 17.2 Å². The summed E-state index contributed by atoms with van der Waals surface area (Å²) >= 11 is 0. The molecule has 0 fully saturated rings. The van der Waals surface area contributed by atoms with E-state index in [1.54, 1.807) is 25.1 Å². The van der Waals surface area contributed by atoms with Crippen LogP contribution in [0.5, 0.6) is 0 Å². The van der Waals surface area contributed by atoms with Gasteiger partial charge in [-0.05, 0) is 37.5 Å². The van der Waals surface area contributed by atoms with Crippen molar-refractivity contribution in [2.24, 2.45) is 5.92 Å². The Morgan fingerprint density at radius 3 is 2.74 bits per heavy atom. The van der Waals surface area contributed by atoms with Gasteiger partial charge in [-0.15, -0.1) is 0 Å². The molecule has 4 aromatic rings. The van der Waals surface area contributed by atoms with Gasteiger partial charge in [0.05, 0.1) is 22.9 Å². The molecule has 0 aliphatic carbocycles. The van der Waals surface area contributed by atoms with E-state index in [-0.39, 0.29) is 41.8 Å². The molecule has 184 valence electrons.